The van der Waals surface area contributed by atoms with Gasteiger partial charge in [-0.05, 0) is 25.7 Å². The minimum Gasteiger partial charge on any atom is -0.490 e. The molecule has 1 fully saturated rings. The molecule has 1 aromatic heterocycles. The molecule has 6 heteroatoms. The highest BCUT2D eigenvalue weighted by atomic mass is 35.5. The van der Waals surface area contributed by atoms with Crippen LogP contribution >= 0.6 is 11.6 Å². The van der Waals surface area contributed by atoms with Crippen molar-refractivity contribution in [3.05, 3.63) is 11.5 Å². The number of hydrogen-bond acceptors (Lipinski definition) is 5. The molecule has 1 aliphatic rings. The van der Waals surface area contributed by atoms with Crippen LogP contribution in [-0.2, 0) is 0 Å². The number of aliphatic hydroxyl groups excluding tert-OH is 1. The molecule has 2 rings (SSSR count). The van der Waals surface area contributed by atoms with Crippen LogP contribution in [0.3, 0.4) is 0 Å². The third kappa shape index (κ3) is 2.67. The summed E-state index contributed by atoms with van der Waals surface area (Å²) in [4.78, 5) is 10.4. The van der Waals surface area contributed by atoms with Gasteiger partial charge < -0.3 is 14.7 Å². The van der Waals surface area contributed by atoms with Gasteiger partial charge in [-0.25, -0.2) is 9.97 Å². The maximum absolute atomic E-state index is 8.94. The Hall–Kier alpha value is -1.07. The summed E-state index contributed by atoms with van der Waals surface area (Å²) in [5.41, 5.74) is 0. The molecule has 0 saturated carbocycles. The van der Waals surface area contributed by atoms with Gasteiger partial charge in [0.05, 0.1) is 7.11 Å². The molecule has 1 atom stereocenters. The topological polar surface area (TPSA) is 58.5 Å². The Morgan fingerprint density at radius 1 is 1.56 bits per heavy atom. The molecule has 0 bridgehead atoms. The van der Waals surface area contributed by atoms with Crippen molar-refractivity contribution in [3.8, 4) is 5.75 Å². The summed E-state index contributed by atoms with van der Waals surface area (Å²) < 4.78 is 5.29. The molecular formula is C12H18ClN3O2. The molecule has 5 nitrogen and oxygen atoms in total. The lowest BCUT2D eigenvalue weighted by Crippen LogP contribution is -2.30. The van der Waals surface area contributed by atoms with Crippen LogP contribution in [0.4, 0.5) is 5.82 Å². The van der Waals surface area contributed by atoms with E-state index in [1.165, 1.54) is 6.33 Å². The molecule has 0 amide bonds. The van der Waals surface area contributed by atoms with Crippen molar-refractivity contribution in [2.45, 2.75) is 31.7 Å². The largest absolute Gasteiger partial charge is 0.490 e. The summed E-state index contributed by atoms with van der Waals surface area (Å²) in [6.45, 7) is 1.17. The van der Waals surface area contributed by atoms with Crippen LogP contribution in [0.15, 0.2) is 6.33 Å². The lowest BCUT2D eigenvalue weighted by atomic mass is 10.1. The quantitative estimate of drug-likeness (QED) is 0.829. The number of methoxy groups -OCH3 is 1. The van der Waals surface area contributed by atoms with Gasteiger partial charge in [0.1, 0.15) is 6.33 Å². The van der Waals surface area contributed by atoms with Gasteiger partial charge in [-0.15, -0.1) is 0 Å². The van der Waals surface area contributed by atoms with Gasteiger partial charge in [-0.3, -0.25) is 0 Å². The number of hydrogen-bond donors (Lipinski definition) is 1. The number of ether oxygens (including phenoxy) is 1. The van der Waals surface area contributed by atoms with Crippen LogP contribution in [0.2, 0.25) is 5.15 Å². The molecule has 2 heterocycles. The van der Waals surface area contributed by atoms with Crippen molar-refractivity contribution in [3.63, 3.8) is 0 Å². The zero-order valence-electron chi connectivity index (χ0n) is 10.5. The third-order valence-electron chi connectivity index (χ3n) is 3.29. The molecule has 1 saturated heterocycles. The second-order valence-electron chi connectivity index (χ2n) is 4.38. The highest BCUT2D eigenvalue weighted by Gasteiger charge is 2.28. The Bertz CT molecular complexity index is 403. The van der Waals surface area contributed by atoms with Crippen molar-refractivity contribution in [1.82, 2.24) is 9.97 Å². The van der Waals surface area contributed by atoms with Crippen LogP contribution in [0.5, 0.6) is 5.75 Å². The summed E-state index contributed by atoms with van der Waals surface area (Å²) in [5.74, 6) is 1.30. The number of aromatic nitrogens is 2. The van der Waals surface area contributed by atoms with E-state index in [1.54, 1.807) is 7.11 Å². The molecule has 18 heavy (non-hydrogen) atoms. The third-order valence-corrected chi connectivity index (χ3v) is 3.56. The first-order valence-electron chi connectivity index (χ1n) is 6.20. The maximum atomic E-state index is 8.94. The number of aliphatic hydroxyl groups is 1. The second-order valence-corrected chi connectivity index (χ2v) is 4.73. The van der Waals surface area contributed by atoms with E-state index in [2.05, 4.69) is 14.9 Å². The van der Waals surface area contributed by atoms with E-state index in [0.717, 1.165) is 38.0 Å². The highest BCUT2D eigenvalue weighted by Crippen LogP contribution is 2.36. The lowest BCUT2D eigenvalue weighted by Gasteiger charge is -2.26. The molecule has 1 N–H and O–H groups in total. The minimum absolute atomic E-state index is 0.228. The van der Waals surface area contributed by atoms with Crippen molar-refractivity contribution in [1.29, 1.82) is 0 Å². The number of halogens is 1. The average Bonchev–Trinajstić information content (AvgIpc) is 2.84. The molecule has 0 aromatic carbocycles. The van der Waals surface area contributed by atoms with Crippen LogP contribution in [0.25, 0.3) is 0 Å². The molecule has 1 aromatic rings. The Labute approximate surface area is 112 Å². The zero-order chi connectivity index (χ0) is 13.0. The van der Waals surface area contributed by atoms with E-state index in [9.17, 15) is 0 Å². The van der Waals surface area contributed by atoms with Gasteiger partial charge in [0.15, 0.2) is 16.7 Å². The Balaban J connectivity index is 2.21. The Morgan fingerprint density at radius 3 is 3.11 bits per heavy atom. The van der Waals surface area contributed by atoms with Crippen LogP contribution < -0.4 is 9.64 Å². The van der Waals surface area contributed by atoms with Gasteiger partial charge in [0.2, 0.25) is 0 Å². The van der Waals surface area contributed by atoms with E-state index < -0.39 is 0 Å². The summed E-state index contributed by atoms with van der Waals surface area (Å²) in [6.07, 6.45) is 5.47. The standard InChI is InChI=1S/C12H18ClN3O2/c1-18-10-11(13)14-8-15-12(10)16-6-2-4-9(16)5-3-7-17/h8-9,17H,2-7H2,1H3. The average molecular weight is 272 g/mol. The first-order chi connectivity index (χ1) is 8.77. The smallest absolute Gasteiger partial charge is 0.199 e. The van der Waals surface area contributed by atoms with Crippen molar-refractivity contribution < 1.29 is 9.84 Å². The highest BCUT2D eigenvalue weighted by molar-refractivity contribution is 6.31. The van der Waals surface area contributed by atoms with E-state index in [1.807, 2.05) is 0 Å². The maximum Gasteiger partial charge on any atom is 0.199 e. The zero-order valence-corrected chi connectivity index (χ0v) is 11.2. The molecule has 1 unspecified atom stereocenters. The Morgan fingerprint density at radius 2 is 2.39 bits per heavy atom. The molecule has 0 radical (unpaired) electrons. The second kappa shape index (κ2) is 6.20. The fourth-order valence-electron chi connectivity index (χ4n) is 2.47. The molecule has 0 spiro atoms. The van der Waals surface area contributed by atoms with Crippen molar-refractivity contribution in [2.24, 2.45) is 0 Å². The van der Waals surface area contributed by atoms with Crippen LogP contribution in [0, 0.1) is 0 Å². The van der Waals surface area contributed by atoms with Gasteiger partial charge in [0.25, 0.3) is 0 Å². The molecule has 0 aliphatic carbocycles. The van der Waals surface area contributed by atoms with Gasteiger partial charge in [-0.1, -0.05) is 11.6 Å². The fourth-order valence-corrected chi connectivity index (χ4v) is 2.67. The SMILES string of the molecule is COc1c(Cl)ncnc1N1CCCC1CCCO. The van der Waals surface area contributed by atoms with Crippen LogP contribution in [0.1, 0.15) is 25.7 Å². The first kappa shape index (κ1) is 13.4. The summed E-state index contributed by atoms with van der Waals surface area (Å²) in [5, 5.41) is 9.28. The monoisotopic (exact) mass is 271 g/mol. The van der Waals surface area contributed by atoms with Crippen LogP contribution in [-0.4, -0.2) is 41.4 Å². The van der Waals surface area contributed by atoms with E-state index in [4.69, 9.17) is 21.4 Å². The van der Waals surface area contributed by atoms with E-state index in [0.29, 0.717) is 16.9 Å². The normalized spacial score (nSPS) is 19.3. The summed E-state index contributed by atoms with van der Waals surface area (Å²) >= 11 is 6.02. The predicted octanol–water partition coefficient (Wildman–Crippen LogP) is 1.88. The first-order valence-corrected chi connectivity index (χ1v) is 6.57. The molecule has 1 aliphatic heterocycles. The van der Waals surface area contributed by atoms with Crippen molar-refractivity contribution in [2.75, 3.05) is 25.2 Å². The number of rotatable bonds is 5. The number of anilines is 1. The Kier molecular flexibility index (Phi) is 4.60. The predicted molar refractivity (Wildman–Crippen MR) is 70.3 cm³/mol. The van der Waals surface area contributed by atoms with E-state index in [-0.39, 0.29) is 6.61 Å². The number of nitrogens with zero attached hydrogens (tertiary/aromatic N) is 3. The molecular weight excluding hydrogens is 254 g/mol. The fraction of sp³-hybridized carbons (Fsp3) is 0.667. The van der Waals surface area contributed by atoms with Gasteiger partial charge >= 0.3 is 0 Å². The van der Waals surface area contributed by atoms with Crippen molar-refractivity contribution >= 4 is 17.4 Å². The molecule has 100 valence electrons. The minimum atomic E-state index is 0.228. The van der Waals surface area contributed by atoms with E-state index >= 15 is 0 Å². The summed E-state index contributed by atoms with van der Waals surface area (Å²) in [6, 6.07) is 0.400. The van der Waals surface area contributed by atoms with Gasteiger partial charge in [0, 0.05) is 19.2 Å². The lowest BCUT2D eigenvalue weighted by molar-refractivity contribution is 0.279. The van der Waals surface area contributed by atoms with Gasteiger partial charge in [-0.2, -0.15) is 0 Å². The summed E-state index contributed by atoms with van der Waals surface area (Å²) in [7, 11) is 1.58.